The lowest BCUT2D eigenvalue weighted by atomic mass is 9.98. The van der Waals surface area contributed by atoms with Gasteiger partial charge in [-0.05, 0) is 98.6 Å². The molecule has 4 aromatic rings. The monoisotopic (exact) mass is 1210 g/mol. The zero-order valence-corrected chi connectivity index (χ0v) is 49.8. The molecule has 2 aliphatic heterocycles. The van der Waals surface area contributed by atoms with Crippen molar-refractivity contribution in [1.82, 2.24) is 67.9 Å². The van der Waals surface area contributed by atoms with E-state index in [9.17, 15) is 58.2 Å². The number of H-pyrrole nitrogens is 2. The minimum atomic E-state index is -1.75. The summed E-state index contributed by atoms with van der Waals surface area (Å²) < 4.78 is 0. The normalized spacial score (nSPS) is 17.1. The first-order valence-corrected chi connectivity index (χ1v) is 29.5. The van der Waals surface area contributed by atoms with Gasteiger partial charge in [-0.2, -0.15) is 5.10 Å². The highest BCUT2D eigenvalue weighted by Gasteiger charge is 2.40. The summed E-state index contributed by atoms with van der Waals surface area (Å²) in [5, 5.41) is 52.5. The van der Waals surface area contributed by atoms with Crippen molar-refractivity contribution in [2.24, 2.45) is 28.3 Å². The fourth-order valence-corrected chi connectivity index (χ4v) is 10.5. The molecule has 0 spiro atoms. The Balaban J connectivity index is 1.22. The number of carbonyl (C=O) groups excluding carboxylic acids is 10. The molecule has 472 valence electrons. The maximum atomic E-state index is 14.7. The van der Waals surface area contributed by atoms with Crippen LogP contribution in [0.5, 0.6) is 5.75 Å². The number of fused-ring (bicyclic) bond motifs is 1. The number of aromatic amines is 2. The van der Waals surface area contributed by atoms with Gasteiger partial charge >= 0.3 is 0 Å². The predicted molar refractivity (Wildman–Crippen MR) is 320 cm³/mol. The van der Waals surface area contributed by atoms with Crippen LogP contribution in [0.3, 0.4) is 0 Å². The number of nitrogens with one attached hydrogen (secondary N) is 11. The number of likely N-dealkylation sites (N-methyl/N-ethyl adjacent to an activating group) is 1. The second kappa shape index (κ2) is 32.4. The molecule has 9 atom stereocenters. The van der Waals surface area contributed by atoms with Gasteiger partial charge in [0.2, 0.25) is 59.1 Å². The average molecular weight is 1210 g/mol. The zero-order valence-electron chi connectivity index (χ0n) is 49.8. The Morgan fingerprint density at radius 3 is 1.83 bits per heavy atom. The number of aromatic nitrogens is 3. The molecule has 2 aromatic heterocycles. The van der Waals surface area contributed by atoms with Crippen LogP contribution in [0.4, 0.5) is 0 Å². The Morgan fingerprint density at radius 2 is 1.25 bits per heavy atom. The first kappa shape index (κ1) is 67.1. The number of aromatic hydroxyl groups is 1. The molecule has 28 nitrogen and oxygen atoms in total. The van der Waals surface area contributed by atoms with Crippen molar-refractivity contribution in [3.8, 4) is 5.75 Å². The van der Waals surface area contributed by atoms with Gasteiger partial charge in [0.1, 0.15) is 60.1 Å². The number of rotatable bonds is 32. The standard InChI is InChI=1S/C59H84N16O12/c1-6-62-57(86)48-14-10-22-75(48)58(87)41(13-9-21-63-59(60)61)68-51(80)42(23-32(2)3)69-52(81)43(24-33(4)5)70-53(82)44(25-34-15-17-37(77)18-16-34)72-56(85)47(31-76)74-55(84)46(27-36-30-64-39-12-8-7-11-38(36)39)73-54(83)45(26-35-28-65-66-29-35)71-50(79)40-19-20-49(78)67-40/h7-8,11-12,15-18,28-30,32-33,40-48,64,76-77H,6,9-10,13-14,19-27,31H2,1-5H3,(H,62,86)(H,65,66)(H,67,78)(H,68,80)(H,69,81)(H,70,82)(H,71,79)(H,72,85)(H,73,83)(H,74,84)(H4,60,61,63)/t40-,41-,42-,43+,44-,45-,46-,47-,48-/m0/s1. The third-order valence-corrected chi connectivity index (χ3v) is 14.9. The molecule has 6 rings (SSSR count). The second-order valence-electron chi connectivity index (χ2n) is 22.8. The topological polar surface area (TPSA) is 432 Å². The molecule has 0 saturated carbocycles. The molecule has 2 aliphatic rings. The molecule has 2 aromatic carbocycles. The van der Waals surface area contributed by atoms with Crippen LogP contribution in [-0.2, 0) is 67.2 Å². The summed E-state index contributed by atoms with van der Waals surface area (Å²) in [5.41, 5.74) is 13.4. The molecule has 0 unspecified atom stereocenters. The lowest BCUT2D eigenvalue weighted by Crippen LogP contribution is -2.61. The molecule has 2 fully saturated rings. The molecule has 0 aliphatic carbocycles. The number of likely N-dealkylation sites (tertiary alicyclic amines) is 1. The number of carbonyl (C=O) groups is 10. The third kappa shape index (κ3) is 20.0. The summed E-state index contributed by atoms with van der Waals surface area (Å²) in [6, 6.07) is 1.60. The first-order chi connectivity index (χ1) is 41.5. The number of aliphatic hydroxyl groups excluding tert-OH is 1. The third-order valence-electron chi connectivity index (χ3n) is 14.9. The minimum Gasteiger partial charge on any atom is -0.508 e. The zero-order chi connectivity index (χ0) is 63.3. The van der Waals surface area contributed by atoms with Gasteiger partial charge in [-0.3, -0.25) is 58.0 Å². The number of hydrogen-bond acceptors (Lipinski definition) is 14. The van der Waals surface area contributed by atoms with Crippen molar-refractivity contribution in [2.75, 3.05) is 26.2 Å². The number of amides is 10. The summed E-state index contributed by atoms with van der Waals surface area (Å²) in [6.45, 7) is 8.82. The smallest absolute Gasteiger partial charge is 0.245 e. The maximum absolute atomic E-state index is 14.7. The quantitative estimate of drug-likeness (QED) is 0.0151. The summed E-state index contributed by atoms with van der Waals surface area (Å²) in [5.74, 6) is -7.54. The number of hydrogen-bond donors (Lipinski definition) is 15. The molecule has 87 heavy (non-hydrogen) atoms. The van der Waals surface area contributed by atoms with Crippen LogP contribution in [0.15, 0.2) is 72.1 Å². The van der Waals surface area contributed by atoms with Crippen LogP contribution in [0, 0.1) is 11.8 Å². The number of aliphatic hydroxyl groups is 1. The largest absolute Gasteiger partial charge is 0.508 e. The molecular weight excluding hydrogens is 1120 g/mol. The summed E-state index contributed by atoms with van der Waals surface area (Å²) in [6.07, 6.45) is 5.97. The van der Waals surface area contributed by atoms with E-state index < -0.39 is 108 Å². The van der Waals surface area contributed by atoms with Crippen molar-refractivity contribution in [2.45, 2.75) is 160 Å². The molecule has 0 radical (unpaired) electrons. The van der Waals surface area contributed by atoms with Crippen molar-refractivity contribution in [3.05, 3.63) is 83.8 Å². The molecular formula is C59H84N16O12. The van der Waals surface area contributed by atoms with Crippen LogP contribution < -0.4 is 59.3 Å². The number of nitrogens with zero attached hydrogens (tertiary/aromatic N) is 3. The van der Waals surface area contributed by atoms with E-state index in [2.05, 4.69) is 68.0 Å². The molecule has 4 heterocycles. The van der Waals surface area contributed by atoms with E-state index in [-0.39, 0.29) is 106 Å². The number of benzene rings is 2. The highest BCUT2D eigenvalue weighted by molar-refractivity contribution is 5.99. The van der Waals surface area contributed by atoms with Gasteiger partial charge in [-0.25, -0.2) is 0 Å². The van der Waals surface area contributed by atoms with Gasteiger partial charge in [0.15, 0.2) is 5.96 Å². The van der Waals surface area contributed by atoms with E-state index in [4.69, 9.17) is 11.5 Å². The van der Waals surface area contributed by atoms with Crippen molar-refractivity contribution in [1.29, 1.82) is 0 Å². The van der Waals surface area contributed by atoms with Crippen LogP contribution in [0.25, 0.3) is 10.9 Å². The van der Waals surface area contributed by atoms with Crippen molar-refractivity contribution < 1.29 is 58.2 Å². The van der Waals surface area contributed by atoms with E-state index >= 15 is 0 Å². The molecule has 17 N–H and O–H groups in total. The van der Waals surface area contributed by atoms with Gasteiger partial charge in [-0.1, -0.05) is 58.0 Å². The van der Waals surface area contributed by atoms with Crippen LogP contribution in [0.2, 0.25) is 0 Å². The Labute approximate surface area is 504 Å². The van der Waals surface area contributed by atoms with E-state index in [1.165, 1.54) is 41.6 Å². The maximum Gasteiger partial charge on any atom is 0.245 e. The van der Waals surface area contributed by atoms with Crippen molar-refractivity contribution in [3.63, 3.8) is 0 Å². The summed E-state index contributed by atoms with van der Waals surface area (Å²) >= 11 is 0. The van der Waals surface area contributed by atoms with E-state index in [1.807, 2.05) is 19.9 Å². The predicted octanol–water partition coefficient (Wildman–Crippen LogP) is -1.44. The van der Waals surface area contributed by atoms with Gasteiger partial charge in [0, 0.05) is 68.6 Å². The van der Waals surface area contributed by atoms with E-state index in [1.54, 1.807) is 45.2 Å². The van der Waals surface area contributed by atoms with Gasteiger partial charge in [-0.15, -0.1) is 0 Å². The molecule has 10 amide bonds. The Hall–Kier alpha value is -9.08. The van der Waals surface area contributed by atoms with E-state index in [0.717, 1.165) is 5.52 Å². The fourth-order valence-electron chi connectivity index (χ4n) is 10.5. The Bertz CT molecular complexity index is 3050. The number of phenolic OH excluding ortho intramolecular Hbond substituents is 1. The van der Waals surface area contributed by atoms with Crippen molar-refractivity contribution >= 4 is 75.9 Å². The van der Waals surface area contributed by atoms with Crippen LogP contribution in [0.1, 0.15) is 103 Å². The number of aliphatic imine (C=N–C) groups is 1. The van der Waals surface area contributed by atoms with Gasteiger partial charge in [0.05, 0.1) is 12.8 Å². The second-order valence-corrected chi connectivity index (χ2v) is 22.8. The SMILES string of the molecule is CCNC(=O)[C@@H]1CCCN1C(=O)[C@H](CCCN=C(N)N)NC(=O)[C@H](CC(C)C)NC(=O)[C@@H](CC(C)C)NC(=O)[C@H](Cc1ccc(O)cc1)NC(=O)[C@H](CO)NC(=O)[C@H](Cc1c[nH]c2ccccc12)NC(=O)[C@H](Cc1cn[nH]c1)NC(=O)[C@@H]1CCC(=O)N1. The van der Waals surface area contributed by atoms with Crippen LogP contribution >= 0.6 is 0 Å². The number of phenols is 1. The number of nitrogens with two attached hydrogens (primary N) is 2. The Morgan fingerprint density at radius 1 is 0.690 bits per heavy atom. The summed E-state index contributed by atoms with van der Waals surface area (Å²) in [4.78, 5) is 148. The van der Waals surface area contributed by atoms with Crippen LogP contribution in [-0.4, -0.2) is 176 Å². The molecule has 28 heteroatoms. The average Bonchev–Trinajstić information content (AvgIpc) is 2.39. The fraction of sp³-hybridized carbons (Fsp3) is 0.525. The Kier molecular flexibility index (Phi) is 25.0. The van der Waals surface area contributed by atoms with Gasteiger partial charge < -0.3 is 79.4 Å². The lowest BCUT2D eigenvalue weighted by molar-refractivity contribution is -0.142. The minimum absolute atomic E-state index is 0.0398. The van der Waals surface area contributed by atoms with Gasteiger partial charge in [0.25, 0.3) is 0 Å². The summed E-state index contributed by atoms with van der Waals surface area (Å²) in [7, 11) is 0. The molecule has 0 bridgehead atoms. The highest BCUT2D eigenvalue weighted by atomic mass is 16.3. The number of para-hydroxylation sites is 1. The molecule has 2 saturated heterocycles. The lowest BCUT2D eigenvalue weighted by Gasteiger charge is -2.31. The highest BCUT2D eigenvalue weighted by Crippen LogP contribution is 2.22. The number of guanidine groups is 1. The first-order valence-electron chi connectivity index (χ1n) is 29.5. The van der Waals surface area contributed by atoms with E-state index in [0.29, 0.717) is 41.5 Å².